The van der Waals surface area contributed by atoms with Gasteiger partial charge in [-0.05, 0) is 37.8 Å². The lowest BCUT2D eigenvalue weighted by molar-refractivity contribution is -0.153. The molecule has 3 fully saturated rings. The van der Waals surface area contributed by atoms with Crippen LogP contribution in [-0.2, 0) is 16.0 Å². The van der Waals surface area contributed by atoms with Crippen LogP contribution in [0.15, 0.2) is 24.4 Å². The topological polar surface area (TPSA) is 37.8 Å². The highest BCUT2D eigenvalue weighted by molar-refractivity contribution is 5.03. The van der Waals surface area contributed by atoms with E-state index >= 15 is 0 Å². The largest absolute Gasteiger partial charge is 0.381 e. The molecule has 24 heavy (non-hydrogen) atoms. The third-order valence-corrected chi connectivity index (χ3v) is 5.91. The number of rotatable bonds is 3. The van der Waals surface area contributed by atoms with Crippen LogP contribution < -0.4 is 0 Å². The summed E-state index contributed by atoms with van der Waals surface area (Å²) in [6.45, 7) is 8.25. The number of aromatic nitrogens is 1. The van der Waals surface area contributed by atoms with Gasteiger partial charge in [0.1, 0.15) is 0 Å². The molecule has 5 heteroatoms. The first kappa shape index (κ1) is 16.5. The van der Waals surface area contributed by atoms with Crippen LogP contribution in [0.1, 0.15) is 31.4 Å². The lowest BCUT2D eigenvalue weighted by Crippen LogP contribution is -2.55. The van der Waals surface area contributed by atoms with E-state index in [1.807, 2.05) is 12.3 Å². The Morgan fingerprint density at radius 1 is 1.08 bits per heavy atom. The van der Waals surface area contributed by atoms with Crippen LogP contribution in [0.2, 0.25) is 0 Å². The summed E-state index contributed by atoms with van der Waals surface area (Å²) in [6, 6.07) is 6.88. The summed E-state index contributed by atoms with van der Waals surface area (Å²) in [5.41, 5.74) is 1.28. The van der Waals surface area contributed by atoms with Crippen LogP contribution in [0.5, 0.6) is 0 Å². The van der Waals surface area contributed by atoms with Gasteiger partial charge in [0.2, 0.25) is 0 Å². The summed E-state index contributed by atoms with van der Waals surface area (Å²) in [5, 5.41) is 0. The lowest BCUT2D eigenvalue weighted by atomic mass is 9.83. The summed E-state index contributed by atoms with van der Waals surface area (Å²) >= 11 is 0. The molecule has 3 saturated heterocycles. The zero-order valence-electron chi connectivity index (χ0n) is 14.5. The van der Waals surface area contributed by atoms with E-state index in [1.54, 1.807) is 0 Å². The zero-order valence-corrected chi connectivity index (χ0v) is 14.5. The normalized spacial score (nSPS) is 28.9. The minimum atomic E-state index is 0.103. The predicted octanol–water partition coefficient (Wildman–Crippen LogP) is 1.93. The third-order valence-electron chi connectivity index (χ3n) is 5.91. The SMILES string of the molecule is c1ccc(CN2CCN([C@@H]3CCOC4(CCOCC4)C3)CC2)nc1. The molecule has 1 aromatic heterocycles. The van der Waals surface area contributed by atoms with Gasteiger partial charge in [0, 0.05) is 64.8 Å². The van der Waals surface area contributed by atoms with Gasteiger partial charge in [-0.1, -0.05) is 6.07 Å². The molecular formula is C19H29N3O2. The molecule has 132 valence electrons. The fraction of sp³-hybridized carbons (Fsp3) is 0.737. The highest BCUT2D eigenvalue weighted by atomic mass is 16.5. The molecule has 1 atom stereocenters. The standard InChI is InChI=1S/C19H29N3O2/c1-2-7-20-17(3-1)16-21-8-10-22(11-9-21)18-4-12-24-19(15-18)5-13-23-14-6-19/h1-3,7,18H,4-6,8-16H2/t18-/m1/s1. The Morgan fingerprint density at radius 3 is 2.67 bits per heavy atom. The number of nitrogens with zero attached hydrogens (tertiary/aromatic N) is 3. The number of hydrogen-bond donors (Lipinski definition) is 0. The second-order valence-corrected chi connectivity index (χ2v) is 7.42. The second kappa shape index (κ2) is 7.48. The maximum absolute atomic E-state index is 6.20. The van der Waals surface area contributed by atoms with Gasteiger partial charge in [0.05, 0.1) is 11.3 Å². The Kier molecular flexibility index (Phi) is 5.13. The van der Waals surface area contributed by atoms with E-state index in [9.17, 15) is 0 Å². The maximum atomic E-state index is 6.20. The van der Waals surface area contributed by atoms with Crippen molar-refractivity contribution in [1.82, 2.24) is 14.8 Å². The van der Waals surface area contributed by atoms with Crippen molar-refractivity contribution in [2.24, 2.45) is 0 Å². The Hall–Kier alpha value is -1.01. The minimum absolute atomic E-state index is 0.103. The van der Waals surface area contributed by atoms with Crippen molar-refractivity contribution in [2.75, 3.05) is 46.0 Å². The molecule has 5 nitrogen and oxygen atoms in total. The minimum Gasteiger partial charge on any atom is -0.381 e. The van der Waals surface area contributed by atoms with Crippen molar-refractivity contribution >= 4 is 0 Å². The van der Waals surface area contributed by atoms with Crippen LogP contribution in [0, 0.1) is 0 Å². The summed E-state index contributed by atoms with van der Waals surface area (Å²) in [4.78, 5) is 9.69. The summed E-state index contributed by atoms with van der Waals surface area (Å²) in [6.07, 6.45) is 6.41. The van der Waals surface area contributed by atoms with Crippen molar-refractivity contribution in [3.8, 4) is 0 Å². The van der Waals surface area contributed by atoms with Crippen molar-refractivity contribution < 1.29 is 9.47 Å². The molecule has 1 spiro atoms. The van der Waals surface area contributed by atoms with Crippen molar-refractivity contribution in [3.05, 3.63) is 30.1 Å². The Bertz CT molecular complexity index is 505. The summed E-state index contributed by atoms with van der Waals surface area (Å²) in [7, 11) is 0. The maximum Gasteiger partial charge on any atom is 0.0741 e. The fourth-order valence-corrected chi connectivity index (χ4v) is 4.41. The molecule has 0 saturated carbocycles. The molecular weight excluding hydrogens is 302 g/mol. The van der Waals surface area contributed by atoms with Gasteiger partial charge in [-0.3, -0.25) is 14.8 Å². The predicted molar refractivity (Wildman–Crippen MR) is 92.8 cm³/mol. The first-order valence-electron chi connectivity index (χ1n) is 9.41. The molecule has 0 N–H and O–H groups in total. The third kappa shape index (κ3) is 3.80. The molecule has 4 heterocycles. The molecule has 1 aromatic rings. The van der Waals surface area contributed by atoms with E-state index in [0.717, 1.165) is 52.3 Å². The van der Waals surface area contributed by atoms with Gasteiger partial charge in [-0.25, -0.2) is 0 Å². The van der Waals surface area contributed by atoms with Crippen LogP contribution >= 0.6 is 0 Å². The van der Waals surface area contributed by atoms with E-state index in [4.69, 9.17) is 9.47 Å². The lowest BCUT2D eigenvalue weighted by Gasteiger charge is -2.48. The van der Waals surface area contributed by atoms with E-state index in [-0.39, 0.29) is 5.60 Å². The number of piperazine rings is 1. The molecule has 0 bridgehead atoms. The van der Waals surface area contributed by atoms with E-state index in [0.29, 0.717) is 6.04 Å². The zero-order chi connectivity index (χ0) is 16.2. The Morgan fingerprint density at radius 2 is 1.92 bits per heavy atom. The van der Waals surface area contributed by atoms with Crippen molar-refractivity contribution in [2.45, 2.75) is 43.9 Å². The first-order valence-corrected chi connectivity index (χ1v) is 9.41. The Labute approximate surface area is 144 Å². The number of pyridine rings is 1. The van der Waals surface area contributed by atoms with Gasteiger partial charge >= 0.3 is 0 Å². The van der Waals surface area contributed by atoms with Crippen molar-refractivity contribution in [1.29, 1.82) is 0 Å². The highest BCUT2D eigenvalue weighted by Crippen LogP contribution is 2.36. The smallest absolute Gasteiger partial charge is 0.0741 e. The van der Waals surface area contributed by atoms with Gasteiger partial charge in [0.15, 0.2) is 0 Å². The molecule has 0 aliphatic carbocycles. The quantitative estimate of drug-likeness (QED) is 0.846. The molecule has 0 amide bonds. The number of ether oxygens (including phenoxy) is 2. The van der Waals surface area contributed by atoms with E-state index in [1.165, 1.54) is 31.6 Å². The molecule has 0 radical (unpaired) electrons. The fourth-order valence-electron chi connectivity index (χ4n) is 4.41. The molecule has 4 rings (SSSR count). The van der Waals surface area contributed by atoms with Crippen LogP contribution in [0.3, 0.4) is 0 Å². The molecule has 0 aromatic carbocycles. The average Bonchev–Trinajstić information content (AvgIpc) is 2.64. The van der Waals surface area contributed by atoms with Crippen molar-refractivity contribution in [3.63, 3.8) is 0 Å². The van der Waals surface area contributed by atoms with Crippen LogP contribution in [-0.4, -0.2) is 72.4 Å². The summed E-state index contributed by atoms with van der Waals surface area (Å²) < 4.78 is 11.7. The molecule has 0 unspecified atom stereocenters. The Balaban J connectivity index is 1.29. The van der Waals surface area contributed by atoms with Gasteiger partial charge < -0.3 is 9.47 Å². The monoisotopic (exact) mass is 331 g/mol. The second-order valence-electron chi connectivity index (χ2n) is 7.42. The first-order chi connectivity index (χ1) is 11.8. The number of hydrogen-bond acceptors (Lipinski definition) is 5. The molecule has 3 aliphatic rings. The van der Waals surface area contributed by atoms with Crippen LogP contribution in [0.4, 0.5) is 0 Å². The average molecular weight is 331 g/mol. The van der Waals surface area contributed by atoms with Gasteiger partial charge in [-0.2, -0.15) is 0 Å². The molecule has 3 aliphatic heterocycles. The van der Waals surface area contributed by atoms with E-state index < -0.39 is 0 Å². The summed E-state index contributed by atoms with van der Waals surface area (Å²) in [5.74, 6) is 0. The van der Waals surface area contributed by atoms with E-state index in [2.05, 4.69) is 26.9 Å². The van der Waals surface area contributed by atoms with Gasteiger partial charge in [-0.15, -0.1) is 0 Å². The highest BCUT2D eigenvalue weighted by Gasteiger charge is 2.41. The van der Waals surface area contributed by atoms with Gasteiger partial charge in [0.25, 0.3) is 0 Å². The van der Waals surface area contributed by atoms with Crippen LogP contribution in [0.25, 0.3) is 0 Å².